The first-order valence-electron chi connectivity index (χ1n) is 7.37. The lowest BCUT2D eigenvalue weighted by atomic mass is 9.88. The Kier molecular flexibility index (Phi) is 4.96. The van der Waals surface area contributed by atoms with Crippen LogP contribution in [0.1, 0.15) is 44.2 Å². The van der Waals surface area contributed by atoms with E-state index in [1.807, 2.05) is 51.1 Å². The van der Waals surface area contributed by atoms with Crippen molar-refractivity contribution in [1.82, 2.24) is 0 Å². The van der Waals surface area contributed by atoms with Gasteiger partial charge in [0, 0.05) is 5.92 Å². The van der Waals surface area contributed by atoms with Crippen molar-refractivity contribution in [2.75, 3.05) is 0 Å². The van der Waals surface area contributed by atoms with Crippen LogP contribution < -0.4 is 0 Å². The van der Waals surface area contributed by atoms with Gasteiger partial charge in [0.15, 0.2) is 0 Å². The third-order valence-corrected chi connectivity index (χ3v) is 3.27. The normalized spacial score (nSPS) is 12.7. The summed E-state index contributed by atoms with van der Waals surface area (Å²) >= 11 is 0. The predicted molar refractivity (Wildman–Crippen MR) is 85.1 cm³/mol. The molecule has 0 aliphatic heterocycles. The minimum absolute atomic E-state index is 0.142. The average Bonchev–Trinajstić information content (AvgIpc) is 2.45. The molecular formula is C19H21FO2. The van der Waals surface area contributed by atoms with Gasteiger partial charge in [-0.1, -0.05) is 42.5 Å². The van der Waals surface area contributed by atoms with Gasteiger partial charge >= 0.3 is 5.97 Å². The average molecular weight is 300 g/mol. The van der Waals surface area contributed by atoms with Crippen molar-refractivity contribution >= 4 is 5.97 Å². The number of esters is 1. The van der Waals surface area contributed by atoms with Crippen LogP contribution in [-0.4, -0.2) is 11.6 Å². The summed E-state index contributed by atoms with van der Waals surface area (Å²) in [5, 5.41) is 0. The van der Waals surface area contributed by atoms with Gasteiger partial charge in [0.25, 0.3) is 0 Å². The molecule has 2 rings (SSSR count). The molecule has 2 aromatic rings. The van der Waals surface area contributed by atoms with Gasteiger partial charge in [0.2, 0.25) is 0 Å². The summed E-state index contributed by atoms with van der Waals surface area (Å²) in [6.45, 7) is 5.54. The molecule has 0 heterocycles. The minimum Gasteiger partial charge on any atom is -0.460 e. The summed E-state index contributed by atoms with van der Waals surface area (Å²) in [4.78, 5) is 12.2. The third-order valence-electron chi connectivity index (χ3n) is 3.27. The van der Waals surface area contributed by atoms with Gasteiger partial charge in [-0.05, 0) is 44.0 Å². The summed E-state index contributed by atoms with van der Waals surface area (Å²) < 4.78 is 18.6. The maximum atomic E-state index is 13.1. The molecule has 0 N–H and O–H groups in total. The van der Waals surface area contributed by atoms with Crippen molar-refractivity contribution in [3.05, 3.63) is 71.5 Å². The van der Waals surface area contributed by atoms with Crippen LogP contribution >= 0.6 is 0 Å². The van der Waals surface area contributed by atoms with Crippen molar-refractivity contribution in [3.8, 4) is 0 Å². The van der Waals surface area contributed by atoms with E-state index in [0.29, 0.717) is 0 Å². The SMILES string of the molecule is CC(C)(C)OC(=O)CC(c1ccccc1)c1ccc(F)cc1. The number of halogens is 1. The Morgan fingerprint density at radius 1 is 1.00 bits per heavy atom. The topological polar surface area (TPSA) is 26.3 Å². The van der Waals surface area contributed by atoms with Crippen molar-refractivity contribution in [3.63, 3.8) is 0 Å². The van der Waals surface area contributed by atoms with Crippen LogP contribution in [0.15, 0.2) is 54.6 Å². The number of hydrogen-bond donors (Lipinski definition) is 0. The predicted octanol–water partition coefficient (Wildman–Crippen LogP) is 4.69. The Hall–Kier alpha value is -2.16. The molecule has 0 saturated heterocycles. The molecule has 0 bridgehead atoms. The van der Waals surface area contributed by atoms with Crippen molar-refractivity contribution in [1.29, 1.82) is 0 Å². The number of hydrogen-bond acceptors (Lipinski definition) is 2. The van der Waals surface area contributed by atoms with Crippen LogP contribution in [0, 0.1) is 5.82 Å². The molecule has 1 unspecified atom stereocenters. The van der Waals surface area contributed by atoms with E-state index < -0.39 is 5.60 Å². The summed E-state index contributed by atoms with van der Waals surface area (Å²) in [7, 11) is 0. The Morgan fingerprint density at radius 3 is 2.09 bits per heavy atom. The zero-order chi connectivity index (χ0) is 16.2. The van der Waals surface area contributed by atoms with Crippen LogP contribution in [0.25, 0.3) is 0 Å². The maximum absolute atomic E-state index is 13.1. The van der Waals surface area contributed by atoms with Crippen molar-refractivity contribution < 1.29 is 13.9 Å². The van der Waals surface area contributed by atoms with E-state index in [2.05, 4.69) is 0 Å². The smallest absolute Gasteiger partial charge is 0.307 e. The minimum atomic E-state index is -0.513. The summed E-state index contributed by atoms with van der Waals surface area (Å²) in [5.41, 5.74) is 1.40. The second-order valence-electron chi connectivity index (χ2n) is 6.31. The molecule has 3 heteroatoms. The molecule has 1 atom stereocenters. The zero-order valence-corrected chi connectivity index (χ0v) is 13.2. The number of rotatable bonds is 4. The van der Waals surface area contributed by atoms with Gasteiger partial charge in [0.1, 0.15) is 11.4 Å². The summed E-state index contributed by atoms with van der Waals surface area (Å²) in [6.07, 6.45) is 0.229. The second-order valence-corrected chi connectivity index (χ2v) is 6.31. The quantitative estimate of drug-likeness (QED) is 0.766. The van der Waals surface area contributed by atoms with E-state index in [9.17, 15) is 9.18 Å². The molecule has 0 amide bonds. The van der Waals surface area contributed by atoms with Gasteiger partial charge in [-0.2, -0.15) is 0 Å². The monoisotopic (exact) mass is 300 g/mol. The fraction of sp³-hybridized carbons (Fsp3) is 0.316. The van der Waals surface area contributed by atoms with Crippen molar-refractivity contribution in [2.24, 2.45) is 0 Å². The van der Waals surface area contributed by atoms with E-state index in [1.54, 1.807) is 12.1 Å². The van der Waals surface area contributed by atoms with E-state index in [0.717, 1.165) is 11.1 Å². The Bertz CT molecular complexity index is 612. The Balaban J connectivity index is 2.26. The van der Waals surface area contributed by atoms with Gasteiger partial charge in [-0.15, -0.1) is 0 Å². The van der Waals surface area contributed by atoms with Crippen LogP contribution in [0.5, 0.6) is 0 Å². The molecule has 2 nitrogen and oxygen atoms in total. The summed E-state index contributed by atoms with van der Waals surface area (Å²) in [6, 6.07) is 16.0. The molecule has 0 saturated carbocycles. The van der Waals surface area contributed by atoms with E-state index >= 15 is 0 Å². The number of carbonyl (C=O) groups excluding carboxylic acids is 1. The molecular weight excluding hydrogens is 279 g/mol. The highest BCUT2D eigenvalue weighted by Crippen LogP contribution is 2.29. The van der Waals surface area contributed by atoms with Crippen LogP contribution in [-0.2, 0) is 9.53 Å². The Morgan fingerprint density at radius 2 is 1.55 bits per heavy atom. The highest BCUT2D eigenvalue weighted by atomic mass is 19.1. The molecule has 0 aromatic heterocycles. The Labute approximate surface area is 130 Å². The second kappa shape index (κ2) is 6.73. The molecule has 0 aliphatic rings. The lowest BCUT2D eigenvalue weighted by Crippen LogP contribution is -2.25. The maximum Gasteiger partial charge on any atom is 0.307 e. The summed E-state index contributed by atoms with van der Waals surface area (Å²) in [5.74, 6) is -0.685. The molecule has 0 aliphatic carbocycles. The largest absolute Gasteiger partial charge is 0.460 e. The van der Waals surface area contributed by atoms with E-state index in [4.69, 9.17) is 4.74 Å². The first-order valence-corrected chi connectivity index (χ1v) is 7.37. The molecule has 22 heavy (non-hydrogen) atoms. The fourth-order valence-electron chi connectivity index (χ4n) is 2.36. The fourth-order valence-corrected chi connectivity index (χ4v) is 2.36. The molecule has 0 fully saturated rings. The van der Waals surface area contributed by atoms with Gasteiger partial charge < -0.3 is 4.74 Å². The van der Waals surface area contributed by atoms with Crippen LogP contribution in [0.3, 0.4) is 0 Å². The van der Waals surface area contributed by atoms with Crippen LogP contribution in [0.4, 0.5) is 4.39 Å². The highest BCUT2D eigenvalue weighted by molar-refractivity contribution is 5.72. The van der Waals surface area contributed by atoms with Gasteiger partial charge in [-0.25, -0.2) is 4.39 Å². The third kappa shape index (κ3) is 4.69. The molecule has 0 radical (unpaired) electrons. The first kappa shape index (κ1) is 16.2. The molecule has 0 spiro atoms. The highest BCUT2D eigenvalue weighted by Gasteiger charge is 2.22. The molecule has 2 aromatic carbocycles. The molecule has 116 valence electrons. The van der Waals surface area contributed by atoms with Gasteiger partial charge in [0.05, 0.1) is 6.42 Å². The van der Waals surface area contributed by atoms with Crippen LogP contribution in [0.2, 0.25) is 0 Å². The van der Waals surface area contributed by atoms with E-state index in [1.165, 1.54) is 12.1 Å². The van der Waals surface area contributed by atoms with Gasteiger partial charge in [-0.3, -0.25) is 4.79 Å². The number of ether oxygens (including phenoxy) is 1. The lowest BCUT2D eigenvalue weighted by Gasteiger charge is -2.23. The number of carbonyl (C=O) groups is 1. The van der Waals surface area contributed by atoms with E-state index in [-0.39, 0.29) is 24.1 Å². The van der Waals surface area contributed by atoms with Crippen molar-refractivity contribution in [2.45, 2.75) is 38.7 Å². The number of benzene rings is 2. The first-order chi connectivity index (χ1) is 10.3. The lowest BCUT2D eigenvalue weighted by molar-refractivity contribution is -0.155. The standard InChI is InChI=1S/C19H21FO2/c1-19(2,3)22-18(21)13-17(14-7-5-4-6-8-14)15-9-11-16(20)12-10-15/h4-12,17H,13H2,1-3H3. The zero-order valence-electron chi connectivity index (χ0n) is 13.2.